The third-order valence-electron chi connectivity index (χ3n) is 2.79. The highest BCUT2D eigenvalue weighted by molar-refractivity contribution is 4.88. The molecule has 2 nitrogen and oxygen atoms in total. The quantitative estimate of drug-likeness (QED) is 0.680. The first-order valence-corrected chi connectivity index (χ1v) is 4.96. The molecule has 2 atom stereocenters. The molecule has 1 heterocycles. The molecule has 12 heavy (non-hydrogen) atoms. The molecule has 1 aliphatic heterocycles. The number of hydrogen-bond donors (Lipinski definition) is 1. The molecule has 1 saturated heterocycles. The van der Waals surface area contributed by atoms with Crippen LogP contribution in [0.5, 0.6) is 0 Å². The number of rotatable bonds is 2. The molecule has 0 spiro atoms. The van der Waals surface area contributed by atoms with Gasteiger partial charge >= 0.3 is 0 Å². The monoisotopic (exact) mass is 171 g/mol. The van der Waals surface area contributed by atoms with Gasteiger partial charge in [-0.15, -0.1) is 0 Å². The van der Waals surface area contributed by atoms with E-state index in [4.69, 9.17) is 0 Å². The van der Waals surface area contributed by atoms with E-state index in [0.717, 1.165) is 13.0 Å². The summed E-state index contributed by atoms with van der Waals surface area (Å²) in [6.07, 6.45) is 0.857. The van der Waals surface area contributed by atoms with Crippen molar-refractivity contribution in [3.05, 3.63) is 0 Å². The molecule has 2 unspecified atom stereocenters. The van der Waals surface area contributed by atoms with Gasteiger partial charge < -0.3 is 5.11 Å². The van der Waals surface area contributed by atoms with Crippen molar-refractivity contribution in [3.8, 4) is 0 Å². The minimum absolute atomic E-state index is 0.0974. The van der Waals surface area contributed by atoms with E-state index in [9.17, 15) is 5.11 Å². The van der Waals surface area contributed by atoms with Gasteiger partial charge in [-0.25, -0.2) is 0 Å². The number of β-amino-alcohol motifs (C(OH)–C–C–N with tert-alkyl or cyclic N) is 1. The summed E-state index contributed by atoms with van der Waals surface area (Å²) in [5.74, 6) is 0.657. The maximum absolute atomic E-state index is 9.53. The van der Waals surface area contributed by atoms with Gasteiger partial charge in [0.2, 0.25) is 0 Å². The zero-order chi connectivity index (χ0) is 9.30. The van der Waals surface area contributed by atoms with E-state index in [1.807, 2.05) is 0 Å². The summed E-state index contributed by atoms with van der Waals surface area (Å²) < 4.78 is 0. The number of hydrogen-bond acceptors (Lipinski definition) is 2. The molecule has 2 heteroatoms. The fourth-order valence-electron chi connectivity index (χ4n) is 2.12. The predicted octanol–water partition coefficient (Wildman–Crippen LogP) is 1.49. The van der Waals surface area contributed by atoms with Gasteiger partial charge in [0.25, 0.3) is 0 Å². The maximum atomic E-state index is 9.53. The standard InChI is InChI=1S/C10H21NO/c1-7(2)10-5-9(12)6-11(10)8(3)4/h7-10,12H,5-6H2,1-4H3. The van der Waals surface area contributed by atoms with Crippen LogP contribution in [0, 0.1) is 5.92 Å². The van der Waals surface area contributed by atoms with Crippen LogP contribution in [0.1, 0.15) is 34.1 Å². The van der Waals surface area contributed by atoms with Gasteiger partial charge in [-0.1, -0.05) is 13.8 Å². The van der Waals surface area contributed by atoms with Crippen LogP contribution < -0.4 is 0 Å². The average molecular weight is 171 g/mol. The molecule has 72 valence electrons. The Bertz CT molecular complexity index is 129. The fourth-order valence-corrected chi connectivity index (χ4v) is 2.12. The fraction of sp³-hybridized carbons (Fsp3) is 1.00. The zero-order valence-electron chi connectivity index (χ0n) is 8.62. The largest absolute Gasteiger partial charge is 0.392 e. The molecule has 1 N–H and O–H groups in total. The molecular formula is C10H21NO. The van der Waals surface area contributed by atoms with Gasteiger partial charge in [0.05, 0.1) is 6.10 Å². The lowest BCUT2D eigenvalue weighted by molar-refractivity contribution is 0.148. The smallest absolute Gasteiger partial charge is 0.0682 e. The van der Waals surface area contributed by atoms with Crippen molar-refractivity contribution in [2.45, 2.75) is 52.3 Å². The van der Waals surface area contributed by atoms with Crippen molar-refractivity contribution in [1.29, 1.82) is 0 Å². The van der Waals surface area contributed by atoms with Crippen LogP contribution >= 0.6 is 0 Å². The van der Waals surface area contributed by atoms with Crippen molar-refractivity contribution in [1.82, 2.24) is 4.90 Å². The summed E-state index contributed by atoms with van der Waals surface area (Å²) in [5, 5.41) is 9.53. The zero-order valence-corrected chi connectivity index (χ0v) is 8.62. The topological polar surface area (TPSA) is 23.5 Å². The van der Waals surface area contributed by atoms with Crippen LogP contribution in [0.15, 0.2) is 0 Å². The number of aliphatic hydroxyl groups excluding tert-OH is 1. The second-order valence-electron chi connectivity index (χ2n) is 4.49. The van der Waals surface area contributed by atoms with Gasteiger partial charge in [-0.2, -0.15) is 0 Å². The third kappa shape index (κ3) is 1.99. The highest BCUT2D eigenvalue weighted by Crippen LogP contribution is 2.25. The highest BCUT2D eigenvalue weighted by atomic mass is 16.3. The lowest BCUT2D eigenvalue weighted by atomic mass is 10.0. The Balaban J connectivity index is 2.59. The van der Waals surface area contributed by atoms with Crippen molar-refractivity contribution in [2.75, 3.05) is 6.54 Å². The van der Waals surface area contributed by atoms with Gasteiger partial charge in [0.1, 0.15) is 0 Å². The van der Waals surface area contributed by atoms with Gasteiger partial charge in [0, 0.05) is 18.6 Å². The highest BCUT2D eigenvalue weighted by Gasteiger charge is 2.33. The van der Waals surface area contributed by atoms with E-state index in [1.165, 1.54) is 0 Å². The van der Waals surface area contributed by atoms with Gasteiger partial charge in [0.15, 0.2) is 0 Å². The second-order valence-corrected chi connectivity index (χ2v) is 4.49. The van der Waals surface area contributed by atoms with E-state index < -0.39 is 0 Å². The summed E-state index contributed by atoms with van der Waals surface area (Å²) >= 11 is 0. The lowest BCUT2D eigenvalue weighted by Gasteiger charge is -2.30. The molecule has 1 aliphatic rings. The molecule has 0 radical (unpaired) electrons. The molecule has 0 aromatic heterocycles. The summed E-state index contributed by atoms with van der Waals surface area (Å²) in [4.78, 5) is 2.41. The number of nitrogens with zero attached hydrogens (tertiary/aromatic N) is 1. The van der Waals surface area contributed by atoms with Crippen molar-refractivity contribution >= 4 is 0 Å². The van der Waals surface area contributed by atoms with E-state index >= 15 is 0 Å². The Morgan fingerprint density at radius 3 is 2.17 bits per heavy atom. The molecule has 1 rings (SSSR count). The van der Waals surface area contributed by atoms with Crippen molar-refractivity contribution in [3.63, 3.8) is 0 Å². The van der Waals surface area contributed by atoms with Crippen LogP contribution in [0.2, 0.25) is 0 Å². The van der Waals surface area contributed by atoms with E-state index in [0.29, 0.717) is 18.0 Å². The lowest BCUT2D eigenvalue weighted by Crippen LogP contribution is -2.38. The molecular weight excluding hydrogens is 150 g/mol. The molecule has 0 aromatic rings. The first kappa shape index (κ1) is 10.0. The first-order chi connectivity index (χ1) is 5.52. The van der Waals surface area contributed by atoms with Crippen LogP contribution in [0.4, 0.5) is 0 Å². The predicted molar refractivity (Wildman–Crippen MR) is 51.1 cm³/mol. The Morgan fingerprint density at radius 2 is 1.83 bits per heavy atom. The molecule has 0 aromatic carbocycles. The van der Waals surface area contributed by atoms with E-state index in [-0.39, 0.29) is 6.10 Å². The third-order valence-corrected chi connectivity index (χ3v) is 2.79. The molecule has 0 aliphatic carbocycles. The summed E-state index contributed by atoms with van der Waals surface area (Å²) in [6.45, 7) is 9.73. The molecule has 0 bridgehead atoms. The van der Waals surface area contributed by atoms with Crippen molar-refractivity contribution < 1.29 is 5.11 Å². The Morgan fingerprint density at radius 1 is 1.25 bits per heavy atom. The Labute approximate surface area is 75.6 Å². The summed E-state index contributed by atoms with van der Waals surface area (Å²) in [6, 6.07) is 1.15. The van der Waals surface area contributed by atoms with Gasteiger partial charge in [-0.3, -0.25) is 4.90 Å². The van der Waals surface area contributed by atoms with Crippen LogP contribution in [0.25, 0.3) is 0 Å². The normalized spacial score (nSPS) is 32.2. The Hall–Kier alpha value is -0.0800. The summed E-state index contributed by atoms with van der Waals surface area (Å²) in [7, 11) is 0. The number of aliphatic hydroxyl groups is 1. The maximum Gasteiger partial charge on any atom is 0.0682 e. The molecule has 0 saturated carbocycles. The SMILES string of the molecule is CC(C)C1CC(O)CN1C(C)C. The average Bonchev–Trinajstić information content (AvgIpc) is 2.31. The van der Waals surface area contributed by atoms with Gasteiger partial charge in [-0.05, 0) is 26.2 Å². The molecule has 0 amide bonds. The minimum atomic E-state index is -0.0974. The second kappa shape index (κ2) is 3.75. The minimum Gasteiger partial charge on any atom is -0.392 e. The Kier molecular flexibility index (Phi) is 3.13. The van der Waals surface area contributed by atoms with Crippen molar-refractivity contribution in [2.24, 2.45) is 5.92 Å². The van der Waals surface area contributed by atoms with Crippen LogP contribution in [0.3, 0.4) is 0 Å². The van der Waals surface area contributed by atoms with E-state index in [2.05, 4.69) is 32.6 Å². The van der Waals surface area contributed by atoms with Crippen LogP contribution in [-0.4, -0.2) is 34.7 Å². The number of likely N-dealkylation sites (tertiary alicyclic amines) is 1. The summed E-state index contributed by atoms with van der Waals surface area (Å²) in [5.41, 5.74) is 0. The molecule has 1 fully saturated rings. The van der Waals surface area contributed by atoms with E-state index in [1.54, 1.807) is 0 Å². The van der Waals surface area contributed by atoms with Crippen LogP contribution in [-0.2, 0) is 0 Å². The first-order valence-electron chi connectivity index (χ1n) is 4.96.